The fraction of sp³-hybridized carbons (Fsp3) is 0.167. The molecule has 1 nitrogen and oxygen atoms in total. The predicted molar refractivity (Wildman–Crippen MR) is 109 cm³/mol. The lowest BCUT2D eigenvalue weighted by molar-refractivity contribution is 1.10. The van der Waals surface area contributed by atoms with Crippen molar-refractivity contribution in [2.24, 2.45) is 0 Å². The van der Waals surface area contributed by atoms with Crippen LogP contribution in [0.3, 0.4) is 0 Å². The largest absolute Gasteiger partial charge is 0.388 e. The Morgan fingerprint density at radius 1 is 0.840 bits per heavy atom. The lowest BCUT2D eigenvalue weighted by Gasteiger charge is -2.13. The fourth-order valence-corrected chi connectivity index (χ4v) is 3.01. The highest BCUT2D eigenvalue weighted by Crippen LogP contribution is 2.26. The van der Waals surface area contributed by atoms with Crippen molar-refractivity contribution in [1.29, 1.82) is 0 Å². The van der Waals surface area contributed by atoms with E-state index in [9.17, 15) is 0 Å². The van der Waals surface area contributed by atoms with Crippen molar-refractivity contribution in [3.63, 3.8) is 0 Å². The van der Waals surface area contributed by atoms with Gasteiger partial charge in [0.25, 0.3) is 0 Å². The van der Waals surface area contributed by atoms with E-state index in [0.29, 0.717) is 0 Å². The van der Waals surface area contributed by atoms with Crippen molar-refractivity contribution in [3.05, 3.63) is 101 Å². The molecule has 25 heavy (non-hydrogen) atoms. The highest BCUT2D eigenvalue weighted by molar-refractivity contribution is 5.74. The quantitative estimate of drug-likeness (QED) is 0.627. The van der Waals surface area contributed by atoms with Crippen LogP contribution >= 0.6 is 0 Å². The molecule has 1 N–H and O–H groups in total. The minimum Gasteiger partial charge on any atom is -0.388 e. The summed E-state index contributed by atoms with van der Waals surface area (Å²) in [5.74, 6) is 0. The molecule has 0 spiro atoms. The number of benzene rings is 3. The molecule has 0 bridgehead atoms. The maximum atomic E-state index is 3.38. The first-order valence-electron chi connectivity index (χ1n) is 8.77. The molecule has 1 heteroatoms. The van der Waals surface area contributed by atoms with Crippen LogP contribution in [-0.2, 0) is 6.42 Å². The zero-order chi connectivity index (χ0) is 17.6. The molecule has 0 saturated carbocycles. The molecule has 0 radical (unpaired) electrons. The van der Waals surface area contributed by atoms with E-state index >= 15 is 0 Å². The van der Waals surface area contributed by atoms with Gasteiger partial charge in [0.05, 0.1) is 0 Å². The van der Waals surface area contributed by atoms with Crippen molar-refractivity contribution in [2.75, 3.05) is 7.05 Å². The lowest BCUT2D eigenvalue weighted by Crippen LogP contribution is -2.07. The van der Waals surface area contributed by atoms with Gasteiger partial charge in [-0.25, -0.2) is 0 Å². The smallest absolute Gasteiger partial charge is 0.0376 e. The van der Waals surface area contributed by atoms with Crippen molar-refractivity contribution in [1.82, 2.24) is 5.32 Å². The van der Waals surface area contributed by atoms with Gasteiger partial charge in [0.1, 0.15) is 0 Å². The topological polar surface area (TPSA) is 12.0 Å². The minimum absolute atomic E-state index is 0.922. The number of aryl methyl sites for hydroxylation is 2. The van der Waals surface area contributed by atoms with Gasteiger partial charge < -0.3 is 5.32 Å². The van der Waals surface area contributed by atoms with Crippen molar-refractivity contribution >= 4 is 5.70 Å². The Morgan fingerprint density at radius 2 is 1.56 bits per heavy atom. The highest BCUT2D eigenvalue weighted by Gasteiger charge is 2.06. The van der Waals surface area contributed by atoms with Gasteiger partial charge in [-0.15, -0.1) is 0 Å². The van der Waals surface area contributed by atoms with Crippen LogP contribution in [0, 0.1) is 13.8 Å². The first-order chi connectivity index (χ1) is 12.2. The Bertz CT molecular complexity index is 858. The molecule has 0 atom stereocenters. The van der Waals surface area contributed by atoms with Crippen LogP contribution in [0.25, 0.3) is 16.8 Å². The summed E-state index contributed by atoms with van der Waals surface area (Å²) in [5.41, 5.74) is 8.84. The third-order valence-corrected chi connectivity index (χ3v) is 4.57. The normalized spacial score (nSPS) is 11.4. The van der Waals surface area contributed by atoms with Gasteiger partial charge in [-0.2, -0.15) is 0 Å². The second-order valence-electron chi connectivity index (χ2n) is 6.45. The van der Waals surface area contributed by atoms with Crippen LogP contribution in [0.5, 0.6) is 0 Å². The molecule has 0 aliphatic rings. The van der Waals surface area contributed by atoms with E-state index in [0.717, 1.165) is 6.42 Å². The van der Waals surface area contributed by atoms with Crippen LogP contribution < -0.4 is 5.32 Å². The number of hydrogen-bond acceptors (Lipinski definition) is 1. The SMILES string of the molecule is CN/C(=C\Cc1ccc(C)cc1)c1cc(-c2ccccc2)ccc1C. The first-order valence-corrected chi connectivity index (χ1v) is 8.77. The summed E-state index contributed by atoms with van der Waals surface area (Å²) in [6.45, 7) is 4.29. The maximum absolute atomic E-state index is 3.38. The summed E-state index contributed by atoms with van der Waals surface area (Å²) in [7, 11) is 2.00. The summed E-state index contributed by atoms with van der Waals surface area (Å²) in [4.78, 5) is 0. The molecule has 0 fully saturated rings. The number of hydrogen-bond donors (Lipinski definition) is 1. The van der Waals surface area contributed by atoms with E-state index < -0.39 is 0 Å². The molecule has 0 aliphatic carbocycles. The second kappa shape index (κ2) is 7.85. The lowest BCUT2D eigenvalue weighted by atomic mass is 9.97. The molecule has 0 heterocycles. The zero-order valence-electron chi connectivity index (χ0n) is 15.2. The molecule has 0 unspecified atom stereocenters. The molecular weight excluding hydrogens is 302 g/mol. The minimum atomic E-state index is 0.922. The Labute approximate surface area is 151 Å². The van der Waals surface area contributed by atoms with Crippen LogP contribution in [0.2, 0.25) is 0 Å². The molecular formula is C24H25N. The molecule has 0 aliphatic heterocycles. The van der Waals surface area contributed by atoms with E-state index in [1.807, 2.05) is 7.05 Å². The highest BCUT2D eigenvalue weighted by atomic mass is 14.8. The monoisotopic (exact) mass is 327 g/mol. The number of rotatable bonds is 5. The van der Waals surface area contributed by atoms with E-state index in [2.05, 4.69) is 98.0 Å². The van der Waals surface area contributed by atoms with Crippen LogP contribution in [0.1, 0.15) is 22.3 Å². The van der Waals surface area contributed by atoms with Crippen molar-refractivity contribution in [3.8, 4) is 11.1 Å². The molecule has 3 aromatic rings. The summed E-state index contributed by atoms with van der Waals surface area (Å²) in [5, 5.41) is 3.38. The van der Waals surface area contributed by atoms with E-state index in [1.54, 1.807) is 0 Å². The molecule has 3 rings (SSSR count). The predicted octanol–water partition coefficient (Wildman–Crippen LogP) is 5.77. The Morgan fingerprint density at radius 3 is 2.24 bits per heavy atom. The van der Waals surface area contributed by atoms with E-state index in [-0.39, 0.29) is 0 Å². The number of nitrogens with one attached hydrogen (secondary N) is 1. The molecule has 3 aromatic carbocycles. The average Bonchev–Trinajstić information content (AvgIpc) is 2.65. The van der Waals surface area contributed by atoms with Crippen LogP contribution in [-0.4, -0.2) is 7.05 Å². The van der Waals surface area contributed by atoms with Gasteiger partial charge in [0.15, 0.2) is 0 Å². The Balaban J connectivity index is 1.92. The Kier molecular flexibility index (Phi) is 5.35. The molecule has 126 valence electrons. The average molecular weight is 327 g/mol. The van der Waals surface area contributed by atoms with Gasteiger partial charge in [-0.1, -0.05) is 78.4 Å². The summed E-state index contributed by atoms with van der Waals surface area (Å²) in [6.07, 6.45) is 3.20. The third kappa shape index (κ3) is 4.19. The summed E-state index contributed by atoms with van der Waals surface area (Å²) >= 11 is 0. The van der Waals surface area contributed by atoms with Crippen molar-refractivity contribution < 1.29 is 0 Å². The van der Waals surface area contributed by atoms with Gasteiger partial charge in [-0.3, -0.25) is 0 Å². The van der Waals surface area contributed by atoms with Crippen molar-refractivity contribution in [2.45, 2.75) is 20.3 Å². The van der Waals surface area contributed by atoms with Gasteiger partial charge in [0.2, 0.25) is 0 Å². The van der Waals surface area contributed by atoms with E-state index in [1.165, 1.54) is 39.1 Å². The summed E-state index contributed by atoms with van der Waals surface area (Å²) in [6, 6.07) is 26.0. The van der Waals surface area contributed by atoms with Gasteiger partial charge in [-0.05, 0) is 48.6 Å². The molecule has 0 aromatic heterocycles. The van der Waals surface area contributed by atoms with Gasteiger partial charge >= 0.3 is 0 Å². The number of allylic oxidation sites excluding steroid dienone is 1. The second-order valence-corrected chi connectivity index (χ2v) is 6.45. The van der Waals surface area contributed by atoms with Gasteiger partial charge in [0, 0.05) is 18.3 Å². The zero-order valence-corrected chi connectivity index (χ0v) is 15.2. The summed E-state index contributed by atoms with van der Waals surface area (Å²) < 4.78 is 0. The molecule has 0 amide bonds. The standard InChI is InChI=1S/C24H25N/c1-18-9-12-20(13-10-18)14-16-24(25-3)23-17-22(15-11-19(23)2)21-7-5-4-6-8-21/h4-13,15-17,25H,14H2,1-3H3/b24-16-. The fourth-order valence-electron chi connectivity index (χ4n) is 3.01. The van der Waals surface area contributed by atoms with Crippen LogP contribution in [0.4, 0.5) is 0 Å². The van der Waals surface area contributed by atoms with Crippen LogP contribution in [0.15, 0.2) is 78.9 Å². The molecule has 0 saturated heterocycles. The third-order valence-electron chi connectivity index (χ3n) is 4.57. The maximum Gasteiger partial charge on any atom is 0.0376 e. The first kappa shape index (κ1) is 17.0. The van der Waals surface area contributed by atoms with E-state index in [4.69, 9.17) is 0 Å². The Hall–Kier alpha value is -2.80.